The molecular formula is C33H57N7O6. The molecule has 0 aliphatic heterocycles. The summed E-state index contributed by atoms with van der Waals surface area (Å²) in [4.78, 5) is 65.2. The molecule has 0 saturated heterocycles. The van der Waals surface area contributed by atoms with Crippen LogP contribution in [0, 0.1) is 23.0 Å². The fraction of sp³-hybridized carbons (Fsp3) is 0.697. The van der Waals surface area contributed by atoms with Gasteiger partial charge in [-0.2, -0.15) is 4.73 Å². The van der Waals surface area contributed by atoms with Crippen molar-refractivity contribution in [3.05, 3.63) is 35.3 Å². The van der Waals surface area contributed by atoms with E-state index in [1.165, 1.54) is 24.5 Å². The predicted octanol–water partition coefficient (Wildman–Crippen LogP) is 1.54. The Hall–Kier alpha value is -3.74. The van der Waals surface area contributed by atoms with Gasteiger partial charge in [0.25, 0.3) is 5.91 Å². The van der Waals surface area contributed by atoms with Gasteiger partial charge < -0.3 is 37.1 Å². The topological polar surface area (TPSA) is 184 Å². The van der Waals surface area contributed by atoms with Gasteiger partial charge in [0, 0.05) is 31.3 Å². The molecule has 0 bridgehead atoms. The first-order valence-electron chi connectivity index (χ1n) is 16.6. The zero-order valence-corrected chi connectivity index (χ0v) is 29.1. The Morgan fingerprint density at radius 1 is 0.783 bits per heavy atom. The van der Waals surface area contributed by atoms with Gasteiger partial charge in [-0.3, -0.25) is 24.0 Å². The largest absolute Gasteiger partial charge is 0.619 e. The SMILES string of the molecule is CCC[C@H](NC(=O)[C@@H](NC(=O)c1cc[n+]([O-])cc1)[C@@H](C)CC)C(=O)N[C@H](CN[C@@H](C)C(=O)N[C@H](C(=O)NCC)C(C)C)CC(C)C. The van der Waals surface area contributed by atoms with Crippen LogP contribution in [0.5, 0.6) is 0 Å². The highest BCUT2D eigenvalue weighted by Gasteiger charge is 2.31. The molecule has 0 spiro atoms. The van der Waals surface area contributed by atoms with Crippen LogP contribution in [-0.2, 0) is 19.2 Å². The second-order valence-electron chi connectivity index (χ2n) is 12.7. The van der Waals surface area contributed by atoms with Crippen molar-refractivity contribution in [1.29, 1.82) is 0 Å². The van der Waals surface area contributed by atoms with Crippen molar-refractivity contribution in [2.75, 3.05) is 13.1 Å². The maximum Gasteiger partial charge on any atom is 0.252 e. The lowest BCUT2D eigenvalue weighted by atomic mass is 9.97. The average molecular weight is 648 g/mol. The van der Waals surface area contributed by atoms with Crippen molar-refractivity contribution in [3.8, 4) is 0 Å². The van der Waals surface area contributed by atoms with E-state index in [4.69, 9.17) is 0 Å². The summed E-state index contributed by atoms with van der Waals surface area (Å²) in [5.41, 5.74) is 0.243. The Balaban J connectivity index is 2.97. The first-order valence-corrected chi connectivity index (χ1v) is 16.6. The summed E-state index contributed by atoms with van der Waals surface area (Å²) in [5.74, 6) is -1.97. The van der Waals surface area contributed by atoms with Crippen LogP contribution in [0.3, 0.4) is 0 Å². The van der Waals surface area contributed by atoms with Crippen LogP contribution in [0.15, 0.2) is 24.5 Å². The van der Waals surface area contributed by atoms with Gasteiger partial charge in [-0.1, -0.05) is 61.3 Å². The second kappa shape index (κ2) is 20.4. The van der Waals surface area contributed by atoms with Crippen molar-refractivity contribution in [2.45, 2.75) is 118 Å². The molecule has 6 atom stereocenters. The highest BCUT2D eigenvalue weighted by Crippen LogP contribution is 2.12. The summed E-state index contributed by atoms with van der Waals surface area (Å²) in [7, 11) is 0. The highest BCUT2D eigenvalue weighted by atomic mass is 16.5. The van der Waals surface area contributed by atoms with Crippen LogP contribution in [0.4, 0.5) is 0 Å². The van der Waals surface area contributed by atoms with Crippen LogP contribution in [-0.4, -0.2) is 72.8 Å². The van der Waals surface area contributed by atoms with Gasteiger partial charge >= 0.3 is 0 Å². The van der Waals surface area contributed by atoms with E-state index in [9.17, 15) is 29.2 Å². The van der Waals surface area contributed by atoms with E-state index in [1.54, 1.807) is 6.92 Å². The summed E-state index contributed by atoms with van der Waals surface area (Å²) in [6.07, 6.45) is 4.66. The van der Waals surface area contributed by atoms with E-state index >= 15 is 0 Å². The summed E-state index contributed by atoms with van der Waals surface area (Å²) in [6.45, 7) is 17.7. The number of aromatic nitrogens is 1. The molecule has 0 saturated carbocycles. The van der Waals surface area contributed by atoms with Crippen LogP contribution in [0.1, 0.15) is 98.4 Å². The molecule has 0 aliphatic rings. The molecule has 0 fully saturated rings. The smallest absolute Gasteiger partial charge is 0.252 e. The zero-order valence-electron chi connectivity index (χ0n) is 29.1. The van der Waals surface area contributed by atoms with Crippen LogP contribution >= 0.6 is 0 Å². The second-order valence-corrected chi connectivity index (χ2v) is 12.7. The van der Waals surface area contributed by atoms with E-state index in [2.05, 4.69) is 31.9 Å². The number of pyridine rings is 1. The summed E-state index contributed by atoms with van der Waals surface area (Å²) < 4.78 is 0.567. The fourth-order valence-corrected chi connectivity index (χ4v) is 4.88. The predicted molar refractivity (Wildman–Crippen MR) is 177 cm³/mol. The molecule has 0 aliphatic carbocycles. The quantitative estimate of drug-likeness (QED) is 0.0916. The molecule has 13 heteroatoms. The third kappa shape index (κ3) is 13.7. The maximum atomic E-state index is 13.5. The fourth-order valence-electron chi connectivity index (χ4n) is 4.88. The lowest BCUT2D eigenvalue weighted by Gasteiger charge is -2.29. The van der Waals surface area contributed by atoms with Gasteiger partial charge in [-0.25, -0.2) is 0 Å². The van der Waals surface area contributed by atoms with Gasteiger partial charge in [0.15, 0.2) is 12.4 Å². The zero-order chi connectivity index (χ0) is 35.0. The van der Waals surface area contributed by atoms with Gasteiger partial charge in [0.2, 0.25) is 23.6 Å². The molecule has 1 heterocycles. The number of likely N-dealkylation sites (N-methyl/N-ethyl adjacent to an activating group) is 1. The van der Waals surface area contributed by atoms with Crippen LogP contribution in [0.2, 0.25) is 0 Å². The first kappa shape index (κ1) is 40.3. The van der Waals surface area contributed by atoms with E-state index in [0.717, 1.165) is 0 Å². The van der Waals surface area contributed by atoms with Gasteiger partial charge in [0.1, 0.15) is 18.1 Å². The molecule has 1 rings (SSSR count). The van der Waals surface area contributed by atoms with Gasteiger partial charge in [0.05, 0.1) is 11.6 Å². The third-order valence-corrected chi connectivity index (χ3v) is 7.82. The number of amides is 5. The third-order valence-electron chi connectivity index (χ3n) is 7.82. The van der Waals surface area contributed by atoms with E-state index in [0.29, 0.717) is 43.5 Å². The van der Waals surface area contributed by atoms with E-state index in [-0.39, 0.29) is 47.1 Å². The molecule has 46 heavy (non-hydrogen) atoms. The number of carbonyl (C=O) groups excluding carboxylic acids is 5. The maximum absolute atomic E-state index is 13.5. The number of nitrogens with zero attached hydrogens (tertiary/aromatic N) is 1. The Bertz CT molecular complexity index is 1130. The average Bonchev–Trinajstić information content (AvgIpc) is 3.00. The Kier molecular flexibility index (Phi) is 17.9. The highest BCUT2D eigenvalue weighted by molar-refractivity contribution is 5.98. The standard InChI is InChI=1S/C33H57N7O6/c1-10-13-26(37-33(45)28(22(8)11-2)39-30(42)24-14-16-40(46)17-15-24)31(43)36-25(18-20(4)5)19-35-23(9)29(41)38-27(21(6)7)32(44)34-12-3/h14-17,20-23,25-28,35H,10-13,18-19H2,1-9H3,(H,34,44)(H,36,43)(H,37,45)(H,38,41)(H,39,42)/t22-,23-,25-,26-,27-,28-/m0/s1. The Labute approximate surface area is 274 Å². The van der Waals surface area contributed by atoms with Crippen LogP contribution < -0.4 is 36.6 Å². The number of nitrogens with one attached hydrogen (secondary N) is 6. The molecule has 260 valence electrons. The van der Waals surface area contributed by atoms with Crippen molar-refractivity contribution in [2.24, 2.45) is 17.8 Å². The molecule has 6 N–H and O–H groups in total. The molecule has 1 aromatic rings. The monoisotopic (exact) mass is 647 g/mol. The summed E-state index contributed by atoms with van der Waals surface area (Å²) >= 11 is 0. The normalized spacial score (nSPS) is 15.2. The lowest BCUT2D eigenvalue weighted by Crippen LogP contribution is -2.58. The van der Waals surface area contributed by atoms with E-state index in [1.807, 2.05) is 55.4 Å². The first-order chi connectivity index (χ1) is 21.6. The number of hydrogen-bond acceptors (Lipinski definition) is 7. The summed E-state index contributed by atoms with van der Waals surface area (Å²) in [5, 5.41) is 28.8. The minimum absolute atomic E-state index is 0.0981. The molecule has 5 amide bonds. The Morgan fingerprint density at radius 3 is 1.93 bits per heavy atom. The van der Waals surface area contributed by atoms with Gasteiger partial charge in [-0.05, 0) is 44.4 Å². The minimum Gasteiger partial charge on any atom is -0.619 e. The van der Waals surface area contributed by atoms with E-state index < -0.39 is 36.0 Å². The number of rotatable bonds is 20. The van der Waals surface area contributed by atoms with Gasteiger partial charge in [-0.15, -0.1) is 0 Å². The molecule has 0 unspecified atom stereocenters. The summed E-state index contributed by atoms with van der Waals surface area (Å²) in [6, 6.07) is -0.613. The van der Waals surface area contributed by atoms with Crippen molar-refractivity contribution in [3.63, 3.8) is 0 Å². The number of hydrogen-bond donors (Lipinski definition) is 6. The molecule has 0 aromatic carbocycles. The lowest BCUT2D eigenvalue weighted by molar-refractivity contribution is -0.605. The van der Waals surface area contributed by atoms with Crippen molar-refractivity contribution >= 4 is 29.5 Å². The molecule has 0 radical (unpaired) electrons. The number of carbonyl (C=O) groups is 5. The van der Waals surface area contributed by atoms with Crippen molar-refractivity contribution < 1.29 is 28.7 Å². The minimum atomic E-state index is -0.897. The molecule has 1 aromatic heterocycles. The molecule has 13 nitrogen and oxygen atoms in total. The molecular weight excluding hydrogens is 590 g/mol. The van der Waals surface area contributed by atoms with Crippen molar-refractivity contribution in [1.82, 2.24) is 31.9 Å². The Morgan fingerprint density at radius 2 is 1.41 bits per heavy atom. The van der Waals surface area contributed by atoms with Crippen LogP contribution in [0.25, 0.3) is 0 Å².